The van der Waals surface area contributed by atoms with Crippen molar-refractivity contribution in [2.45, 2.75) is 26.1 Å². The van der Waals surface area contributed by atoms with Gasteiger partial charge >= 0.3 is 6.61 Å². The summed E-state index contributed by atoms with van der Waals surface area (Å²) in [6.45, 7) is -1.47. The van der Waals surface area contributed by atoms with E-state index >= 15 is 0 Å². The second-order valence-corrected chi connectivity index (χ2v) is 7.72. The van der Waals surface area contributed by atoms with Crippen LogP contribution < -0.4 is 10.5 Å². The number of fused-ring (bicyclic) bond motifs is 1. The number of nitrogens with two attached hydrogens (primary N) is 1. The fraction of sp³-hybridized carbons (Fsp3) is 0.227. The summed E-state index contributed by atoms with van der Waals surface area (Å²) in [7, 11) is 0. The van der Waals surface area contributed by atoms with Crippen LogP contribution >= 0.6 is 11.6 Å². The molecule has 3 aromatic rings. The zero-order chi connectivity index (χ0) is 22.8. The van der Waals surface area contributed by atoms with E-state index in [4.69, 9.17) is 17.3 Å². The molecule has 0 atom stereocenters. The Bertz CT molecular complexity index is 1180. The molecule has 0 bridgehead atoms. The average molecular weight is 463 g/mol. The first-order valence-electron chi connectivity index (χ1n) is 9.70. The average Bonchev–Trinajstić information content (AvgIpc) is 2.72. The first-order chi connectivity index (χ1) is 15.3. The predicted octanol–water partition coefficient (Wildman–Crippen LogP) is 4.19. The van der Waals surface area contributed by atoms with Crippen LogP contribution in [0.15, 0.2) is 42.6 Å². The number of amides is 1. The van der Waals surface area contributed by atoms with Crippen molar-refractivity contribution in [2.24, 2.45) is 5.73 Å². The highest BCUT2D eigenvalue weighted by Crippen LogP contribution is 2.35. The molecule has 1 aromatic carbocycles. The molecule has 1 aliphatic heterocycles. The van der Waals surface area contributed by atoms with E-state index in [1.807, 2.05) is 0 Å². The summed E-state index contributed by atoms with van der Waals surface area (Å²) in [5.74, 6) is -1.31. The monoisotopic (exact) mass is 462 g/mol. The second-order valence-electron chi connectivity index (χ2n) is 7.31. The summed E-state index contributed by atoms with van der Waals surface area (Å²) in [5.41, 5.74) is 9.13. The van der Waals surface area contributed by atoms with Gasteiger partial charge in [-0.2, -0.15) is 8.78 Å². The van der Waals surface area contributed by atoms with Crippen molar-refractivity contribution in [3.63, 3.8) is 0 Å². The summed E-state index contributed by atoms with van der Waals surface area (Å²) in [4.78, 5) is 22.1. The van der Waals surface area contributed by atoms with E-state index in [2.05, 4.69) is 19.6 Å². The molecule has 2 aromatic heterocycles. The summed E-state index contributed by atoms with van der Waals surface area (Å²) in [6, 6.07) is 8.82. The van der Waals surface area contributed by atoms with E-state index in [9.17, 15) is 18.0 Å². The lowest BCUT2D eigenvalue weighted by Crippen LogP contribution is -2.32. The number of rotatable bonds is 6. The smallest absolute Gasteiger partial charge is 0.388 e. The number of carbonyl (C=O) groups excluding carboxylic acids is 1. The van der Waals surface area contributed by atoms with Gasteiger partial charge in [0.1, 0.15) is 11.5 Å². The number of alkyl halides is 2. The van der Waals surface area contributed by atoms with Crippen molar-refractivity contribution in [3.05, 3.63) is 75.9 Å². The molecule has 0 saturated heterocycles. The number of aromatic nitrogens is 2. The third kappa shape index (κ3) is 4.84. The van der Waals surface area contributed by atoms with Crippen LogP contribution in [0.4, 0.5) is 13.2 Å². The van der Waals surface area contributed by atoms with Gasteiger partial charge in [-0.3, -0.25) is 9.69 Å². The third-order valence-corrected chi connectivity index (χ3v) is 5.46. The van der Waals surface area contributed by atoms with E-state index in [-0.39, 0.29) is 16.6 Å². The Morgan fingerprint density at radius 3 is 2.75 bits per heavy atom. The van der Waals surface area contributed by atoms with Gasteiger partial charge in [0.2, 0.25) is 5.88 Å². The molecule has 2 N–H and O–H groups in total. The zero-order valence-corrected chi connectivity index (χ0v) is 17.5. The molecule has 32 heavy (non-hydrogen) atoms. The normalized spacial score (nSPS) is 13.8. The maximum absolute atomic E-state index is 13.5. The Morgan fingerprint density at radius 2 is 2.03 bits per heavy atom. The maximum atomic E-state index is 13.5. The number of benzene rings is 1. The maximum Gasteiger partial charge on any atom is 0.388 e. The standard InChI is InChI=1S/C22H18ClF3N4O2/c23-17-8-13(24)1-2-14(17)16-9-18(21(27)31)29-19-11-30(6-4-15(16)19)10-12-3-5-28-20(7-12)32-22(25)26/h1-3,5,7-9,22H,4,6,10-11H2,(H2,27,31). The fourth-order valence-electron chi connectivity index (χ4n) is 3.77. The molecule has 0 unspecified atom stereocenters. The Labute approximate surface area is 186 Å². The molecule has 166 valence electrons. The van der Waals surface area contributed by atoms with E-state index in [1.54, 1.807) is 18.2 Å². The lowest BCUT2D eigenvalue weighted by atomic mass is 9.93. The molecule has 4 rings (SSSR count). The van der Waals surface area contributed by atoms with Gasteiger partial charge in [0.15, 0.2) is 0 Å². The van der Waals surface area contributed by atoms with E-state index < -0.39 is 18.3 Å². The molecule has 6 nitrogen and oxygen atoms in total. The minimum Gasteiger partial charge on any atom is -0.417 e. The van der Waals surface area contributed by atoms with Gasteiger partial charge in [-0.25, -0.2) is 14.4 Å². The van der Waals surface area contributed by atoms with Gasteiger partial charge < -0.3 is 10.5 Å². The molecule has 0 aliphatic carbocycles. The largest absolute Gasteiger partial charge is 0.417 e. The van der Waals surface area contributed by atoms with E-state index in [1.165, 1.54) is 24.4 Å². The van der Waals surface area contributed by atoms with Gasteiger partial charge in [0, 0.05) is 37.5 Å². The van der Waals surface area contributed by atoms with Crippen molar-refractivity contribution in [1.29, 1.82) is 0 Å². The van der Waals surface area contributed by atoms with Crippen molar-refractivity contribution < 1.29 is 22.7 Å². The van der Waals surface area contributed by atoms with Crippen molar-refractivity contribution >= 4 is 17.5 Å². The number of carbonyl (C=O) groups is 1. The number of halogens is 4. The molecule has 10 heteroatoms. The van der Waals surface area contributed by atoms with Crippen LogP contribution in [0.1, 0.15) is 27.3 Å². The summed E-state index contributed by atoms with van der Waals surface area (Å²) >= 11 is 6.27. The van der Waals surface area contributed by atoms with Gasteiger partial charge in [-0.1, -0.05) is 11.6 Å². The van der Waals surface area contributed by atoms with Gasteiger partial charge in [0.05, 0.1) is 10.7 Å². The highest BCUT2D eigenvalue weighted by atomic mass is 35.5. The van der Waals surface area contributed by atoms with Crippen LogP contribution in [0.3, 0.4) is 0 Å². The first kappa shape index (κ1) is 22.0. The minimum atomic E-state index is -2.95. The number of pyridine rings is 2. The fourth-order valence-corrected chi connectivity index (χ4v) is 4.04. The molecule has 1 amide bonds. The summed E-state index contributed by atoms with van der Waals surface area (Å²) in [6.07, 6.45) is 2.00. The molecule has 0 saturated carbocycles. The highest BCUT2D eigenvalue weighted by molar-refractivity contribution is 6.33. The van der Waals surface area contributed by atoms with Gasteiger partial charge in [-0.15, -0.1) is 0 Å². The lowest BCUT2D eigenvalue weighted by molar-refractivity contribution is -0.0529. The third-order valence-electron chi connectivity index (χ3n) is 5.15. The first-order valence-corrected chi connectivity index (χ1v) is 10.1. The lowest BCUT2D eigenvalue weighted by Gasteiger charge is -2.30. The number of hydrogen-bond donors (Lipinski definition) is 1. The van der Waals surface area contributed by atoms with Crippen LogP contribution in [0.5, 0.6) is 5.88 Å². The quantitative estimate of drug-likeness (QED) is 0.594. The summed E-state index contributed by atoms with van der Waals surface area (Å²) < 4.78 is 42.8. The number of nitrogens with zero attached hydrogens (tertiary/aromatic N) is 3. The van der Waals surface area contributed by atoms with Crippen molar-refractivity contribution in [2.75, 3.05) is 6.54 Å². The van der Waals surface area contributed by atoms with Crippen molar-refractivity contribution in [1.82, 2.24) is 14.9 Å². The molecule has 0 radical (unpaired) electrons. The summed E-state index contributed by atoms with van der Waals surface area (Å²) in [5, 5.41) is 0.222. The zero-order valence-electron chi connectivity index (χ0n) is 16.7. The molecule has 3 heterocycles. The van der Waals surface area contributed by atoms with Gasteiger partial charge in [0.25, 0.3) is 5.91 Å². The molecular formula is C22H18ClF3N4O2. The Morgan fingerprint density at radius 1 is 1.22 bits per heavy atom. The van der Waals surface area contributed by atoms with Crippen LogP contribution in [0.2, 0.25) is 5.02 Å². The number of ether oxygens (including phenoxy) is 1. The molecular weight excluding hydrogens is 445 g/mol. The Kier molecular flexibility index (Phi) is 6.29. The SMILES string of the molecule is NC(=O)c1cc(-c2ccc(F)cc2Cl)c2c(n1)CN(Cc1ccnc(OC(F)F)c1)CC2. The Balaban J connectivity index is 1.64. The highest BCUT2D eigenvalue weighted by Gasteiger charge is 2.24. The van der Waals surface area contributed by atoms with Gasteiger partial charge in [-0.05, 0) is 53.4 Å². The Hall–Kier alpha value is -3.17. The van der Waals surface area contributed by atoms with Crippen LogP contribution in [-0.2, 0) is 19.5 Å². The molecule has 0 spiro atoms. The molecule has 1 aliphatic rings. The van der Waals surface area contributed by atoms with Crippen LogP contribution in [0.25, 0.3) is 11.1 Å². The predicted molar refractivity (Wildman–Crippen MR) is 112 cm³/mol. The number of hydrogen-bond acceptors (Lipinski definition) is 5. The molecule has 0 fully saturated rings. The minimum absolute atomic E-state index is 0.0810. The van der Waals surface area contributed by atoms with E-state index in [0.717, 1.165) is 11.1 Å². The second kappa shape index (κ2) is 9.13. The van der Waals surface area contributed by atoms with E-state index in [0.29, 0.717) is 42.9 Å². The van der Waals surface area contributed by atoms with Crippen LogP contribution in [0, 0.1) is 5.82 Å². The van der Waals surface area contributed by atoms with Crippen molar-refractivity contribution in [3.8, 4) is 17.0 Å². The number of primary amides is 1. The van der Waals surface area contributed by atoms with Crippen LogP contribution in [-0.4, -0.2) is 33.9 Å². The topological polar surface area (TPSA) is 81.3 Å².